The van der Waals surface area contributed by atoms with Gasteiger partial charge in [-0.1, -0.05) is 23.7 Å². The summed E-state index contributed by atoms with van der Waals surface area (Å²) in [5.41, 5.74) is 1.83. The number of carbonyl (C=O) groups is 1. The fourth-order valence-electron chi connectivity index (χ4n) is 4.45. The number of fused-ring (bicyclic) bond motifs is 1. The number of rotatable bonds is 9. The van der Waals surface area contributed by atoms with E-state index in [1.54, 1.807) is 0 Å². The van der Waals surface area contributed by atoms with Gasteiger partial charge in [0, 0.05) is 13.2 Å². The number of methoxy groups -OCH3 is 2. The third-order valence-corrected chi connectivity index (χ3v) is 6.58. The van der Waals surface area contributed by atoms with Crippen molar-refractivity contribution < 1.29 is 43.8 Å². The topological polar surface area (TPSA) is 142 Å². The maximum absolute atomic E-state index is 13.0. The van der Waals surface area contributed by atoms with E-state index in [9.17, 15) is 20.1 Å². The van der Waals surface area contributed by atoms with Crippen molar-refractivity contribution in [1.82, 2.24) is 9.55 Å². The van der Waals surface area contributed by atoms with Crippen LogP contribution in [0.1, 0.15) is 36.1 Å². The number of halogens is 1. The molecule has 5 atom stereocenters. The van der Waals surface area contributed by atoms with Gasteiger partial charge in [0.2, 0.25) is 0 Å². The number of aromatic nitrogens is 2. The van der Waals surface area contributed by atoms with Crippen LogP contribution in [0.4, 0.5) is 0 Å². The number of aliphatic hydroxyl groups excluding tert-OH is 3. The van der Waals surface area contributed by atoms with E-state index in [4.69, 9.17) is 35.3 Å². The Bertz CT molecular complexity index is 1280. The molecule has 3 N–H and O–H groups in total. The number of aliphatic hydroxyl groups is 3. The van der Waals surface area contributed by atoms with Crippen LogP contribution in [-0.4, -0.2) is 82.4 Å². The summed E-state index contributed by atoms with van der Waals surface area (Å²) >= 11 is 6.49. The summed E-state index contributed by atoms with van der Waals surface area (Å²) in [4.78, 5) is 17.6. The van der Waals surface area contributed by atoms with Gasteiger partial charge in [0.25, 0.3) is 0 Å². The van der Waals surface area contributed by atoms with Crippen molar-refractivity contribution in [3.8, 4) is 11.5 Å². The van der Waals surface area contributed by atoms with Gasteiger partial charge >= 0.3 is 5.97 Å². The highest BCUT2D eigenvalue weighted by Gasteiger charge is 2.47. The second-order valence-electron chi connectivity index (χ2n) is 9.07. The minimum absolute atomic E-state index is 0.00874. The lowest BCUT2D eigenvalue weighted by molar-refractivity contribution is -0.293. The zero-order valence-electron chi connectivity index (χ0n) is 21.4. The van der Waals surface area contributed by atoms with Crippen LogP contribution in [0.3, 0.4) is 0 Å². The lowest BCUT2D eigenvalue weighted by Crippen LogP contribution is -2.60. The van der Waals surface area contributed by atoms with E-state index >= 15 is 0 Å². The summed E-state index contributed by atoms with van der Waals surface area (Å²) < 4.78 is 29.4. The van der Waals surface area contributed by atoms with Crippen molar-refractivity contribution in [2.75, 3.05) is 20.8 Å². The quantitative estimate of drug-likeness (QED) is 0.340. The summed E-state index contributed by atoms with van der Waals surface area (Å²) in [7, 11) is 2.69. The van der Waals surface area contributed by atoms with E-state index in [0.29, 0.717) is 5.82 Å². The molecule has 0 saturated carbocycles. The second kappa shape index (κ2) is 11.9. The van der Waals surface area contributed by atoms with Gasteiger partial charge in [0.1, 0.15) is 30.7 Å². The third kappa shape index (κ3) is 5.44. The number of hydrogen-bond donors (Lipinski definition) is 3. The molecule has 1 fully saturated rings. The van der Waals surface area contributed by atoms with Crippen LogP contribution in [0.5, 0.6) is 11.5 Å². The Labute approximate surface area is 224 Å². The van der Waals surface area contributed by atoms with Gasteiger partial charge in [-0.25, -0.2) is 9.78 Å². The molecule has 38 heavy (non-hydrogen) atoms. The predicted molar refractivity (Wildman–Crippen MR) is 136 cm³/mol. The minimum atomic E-state index is -1.56. The highest BCUT2D eigenvalue weighted by atomic mass is 35.5. The standard InChI is InChI=1S/C26H31ClN2O9/c1-13(2)29-17-8-6-5-7-16(17)28-20(29)12-36-23-15(27)9-14(10-18(23)34-3)25(33)38-24-22(32)21(31)19(11-30)37-26(24)35-4/h5-10,13,19,21-22,24,26,30-32H,11-12H2,1-4H3/t19-,21-,22+,24-,26+/m1/s1. The first-order chi connectivity index (χ1) is 18.2. The highest BCUT2D eigenvalue weighted by molar-refractivity contribution is 6.32. The molecule has 2 heterocycles. The van der Waals surface area contributed by atoms with Crippen LogP contribution >= 0.6 is 11.6 Å². The predicted octanol–water partition coefficient (Wildman–Crippen LogP) is 2.47. The molecule has 206 valence electrons. The van der Waals surface area contributed by atoms with Crippen LogP contribution in [0.15, 0.2) is 36.4 Å². The van der Waals surface area contributed by atoms with Crippen molar-refractivity contribution in [3.05, 3.63) is 52.8 Å². The molecule has 1 aliphatic heterocycles. The number of imidazole rings is 1. The Morgan fingerprint density at radius 2 is 1.92 bits per heavy atom. The zero-order valence-corrected chi connectivity index (χ0v) is 22.2. The summed E-state index contributed by atoms with van der Waals surface area (Å²) in [6.45, 7) is 3.65. The maximum atomic E-state index is 13.0. The van der Waals surface area contributed by atoms with Gasteiger partial charge in [-0.15, -0.1) is 0 Å². The van der Waals surface area contributed by atoms with Crippen molar-refractivity contribution in [3.63, 3.8) is 0 Å². The molecule has 11 nitrogen and oxygen atoms in total. The van der Waals surface area contributed by atoms with Gasteiger partial charge in [-0.05, 0) is 38.1 Å². The van der Waals surface area contributed by atoms with Crippen LogP contribution < -0.4 is 9.47 Å². The highest BCUT2D eigenvalue weighted by Crippen LogP contribution is 2.38. The van der Waals surface area contributed by atoms with E-state index in [2.05, 4.69) is 23.4 Å². The molecular formula is C26H31ClN2O9. The molecule has 3 aromatic rings. The first-order valence-corrected chi connectivity index (χ1v) is 12.4. The summed E-state index contributed by atoms with van der Waals surface area (Å²) in [5, 5.41) is 30.1. The molecule has 1 aromatic heterocycles. The molecule has 0 radical (unpaired) electrons. The summed E-state index contributed by atoms with van der Waals surface area (Å²) in [6.07, 6.45) is -6.73. The zero-order chi connectivity index (χ0) is 27.6. The van der Waals surface area contributed by atoms with Gasteiger partial charge in [-0.3, -0.25) is 0 Å². The van der Waals surface area contributed by atoms with E-state index in [-0.39, 0.29) is 34.7 Å². The molecule has 0 amide bonds. The first-order valence-electron chi connectivity index (χ1n) is 12.0. The van der Waals surface area contributed by atoms with Gasteiger partial charge in [0.15, 0.2) is 23.9 Å². The molecule has 1 saturated heterocycles. The average Bonchev–Trinajstić information content (AvgIpc) is 3.29. The van der Waals surface area contributed by atoms with Crippen molar-refractivity contribution in [2.24, 2.45) is 0 Å². The lowest BCUT2D eigenvalue weighted by Gasteiger charge is -2.40. The summed E-state index contributed by atoms with van der Waals surface area (Å²) in [5.74, 6) is 0.216. The molecule has 0 aliphatic carbocycles. The number of hydrogen-bond acceptors (Lipinski definition) is 10. The second-order valence-corrected chi connectivity index (χ2v) is 9.48. The van der Waals surface area contributed by atoms with E-state index in [1.165, 1.54) is 26.4 Å². The van der Waals surface area contributed by atoms with Gasteiger partial charge in [0.05, 0.1) is 35.3 Å². The number of esters is 1. The molecule has 1 aliphatic rings. The van der Waals surface area contributed by atoms with E-state index in [1.807, 2.05) is 24.3 Å². The molecule has 0 spiro atoms. The molecule has 0 bridgehead atoms. The number of benzene rings is 2. The van der Waals surface area contributed by atoms with Crippen LogP contribution in [0.2, 0.25) is 5.02 Å². The molecule has 2 aromatic carbocycles. The van der Waals surface area contributed by atoms with Crippen LogP contribution in [-0.2, 0) is 20.8 Å². The number of carbonyl (C=O) groups excluding carboxylic acids is 1. The van der Waals surface area contributed by atoms with Crippen molar-refractivity contribution in [2.45, 2.75) is 57.2 Å². The lowest BCUT2D eigenvalue weighted by atomic mass is 9.99. The smallest absolute Gasteiger partial charge is 0.338 e. The average molecular weight is 551 g/mol. The van der Waals surface area contributed by atoms with Crippen molar-refractivity contribution in [1.29, 1.82) is 0 Å². The number of ether oxygens (including phenoxy) is 5. The number of para-hydroxylation sites is 2. The number of nitrogens with zero attached hydrogens (tertiary/aromatic N) is 2. The Morgan fingerprint density at radius 3 is 2.58 bits per heavy atom. The Balaban J connectivity index is 1.55. The van der Waals surface area contributed by atoms with E-state index < -0.39 is 43.3 Å². The van der Waals surface area contributed by atoms with Gasteiger partial charge < -0.3 is 43.6 Å². The molecule has 12 heteroatoms. The minimum Gasteiger partial charge on any atom is -0.493 e. The summed E-state index contributed by atoms with van der Waals surface area (Å²) in [6, 6.07) is 10.7. The molecular weight excluding hydrogens is 520 g/mol. The normalized spacial score (nSPS) is 23.6. The van der Waals surface area contributed by atoms with Gasteiger partial charge in [-0.2, -0.15) is 0 Å². The molecule has 0 unspecified atom stereocenters. The maximum Gasteiger partial charge on any atom is 0.338 e. The Morgan fingerprint density at radius 1 is 1.18 bits per heavy atom. The van der Waals surface area contributed by atoms with Crippen LogP contribution in [0.25, 0.3) is 11.0 Å². The SMILES string of the molecule is COc1cc(C(=O)O[C@H]2[C@@H](OC)O[C@H](CO)[C@@H](O)[C@@H]2O)cc(Cl)c1OCc1nc2ccccc2n1C(C)C. The Kier molecular flexibility index (Phi) is 8.76. The van der Waals surface area contributed by atoms with Crippen molar-refractivity contribution >= 4 is 28.6 Å². The molecule has 4 rings (SSSR count). The largest absolute Gasteiger partial charge is 0.493 e. The van der Waals surface area contributed by atoms with Crippen LogP contribution in [0, 0.1) is 0 Å². The fraction of sp³-hybridized carbons (Fsp3) is 0.462. The third-order valence-electron chi connectivity index (χ3n) is 6.30. The monoisotopic (exact) mass is 550 g/mol. The van der Waals surface area contributed by atoms with E-state index in [0.717, 1.165) is 11.0 Å². The Hall–Kier alpha value is -2.93. The fourth-order valence-corrected chi connectivity index (χ4v) is 4.72. The first kappa shape index (κ1) is 28.1.